The normalized spacial score (nSPS) is 21.1. The van der Waals surface area contributed by atoms with Gasteiger partial charge in [-0.05, 0) is 111 Å². The number of allylic oxidation sites excluding steroid dienone is 1. The van der Waals surface area contributed by atoms with Crippen molar-refractivity contribution in [3.05, 3.63) is 77.9 Å². The van der Waals surface area contributed by atoms with Gasteiger partial charge in [0.05, 0.1) is 52.4 Å². The Morgan fingerprint density at radius 1 is 0.785 bits per heavy atom. The second kappa shape index (κ2) is 27.3. The molecule has 0 saturated carbocycles. The highest BCUT2D eigenvalue weighted by atomic mass is 28.4. The molecule has 0 aromatic heterocycles. The van der Waals surface area contributed by atoms with Crippen LogP contribution in [0.5, 0.6) is 17.2 Å². The first kappa shape index (κ1) is 56.5. The molecule has 11 heteroatoms. The Bertz CT molecular complexity index is 1730. The number of carbonyl (C=O) groups excluding carboxylic acids is 1. The van der Waals surface area contributed by atoms with Crippen LogP contribution in [-0.4, -0.2) is 74.3 Å². The maximum atomic E-state index is 13.6. The quantitative estimate of drug-likeness (QED) is 0.0431. The number of carbonyl (C=O) groups is 1. The molecule has 2 aromatic carbocycles. The Morgan fingerprint density at radius 3 is 1.91 bits per heavy atom. The van der Waals surface area contributed by atoms with Gasteiger partial charge in [-0.15, -0.1) is 6.58 Å². The average molecular weight is 939 g/mol. The molecule has 3 rings (SSSR count). The van der Waals surface area contributed by atoms with Crippen molar-refractivity contribution in [1.29, 1.82) is 0 Å². The third-order valence-electron chi connectivity index (χ3n) is 14.8. The SMILES string of the molecule is C=C(C)C[C@@H](CCCC(=O)/C=C/[C@H](C)[C@H](O[Si](CC)(CC)CC)[C@@H](C)[C@H]1O[C@@H](c2ccc(OC)cc2)O[C@@H]([C@@H](C)[C@H](C)O[Si](CC)(CC)C(C)C)[C@H]1C)OCc1ccc(OC)c(OC)c1. The summed E-state index contributed by atoms with van der Waals surface area (Å²) in [5, 5.41) is 0. The van der Waals surface area contributed by atoms with Crippen LogP contribution in [0, 0.1) is 23.7 Å². The van der Waals surface area contributed by atoms with Gasteiger partial charge in [0.1, 0.15) is 5.75 Å². The topological polar surface area (TPSA) is 90.9 Å². The van der Waals surface area contributed by atoms with E-state index in [4.69, 9.17) is 37.3 Å². The number of hydrogen-bond donors (Lipinski definition) is 0. The first-order valence-corrected chi connectivity index (χ1v) is 29.8. The van der Waals surface area contributed by atoms with Crippen LogP contribution in [0.15, 0.2) is 66.8 Å². The van der Waals surface area contributed by atoms with Gasteiger partial charge in [-0.25, -0.2) is 0 Å². The van der Waals surface area contributed by atoms with Gasteiger partial charge < -0.3 is 37.3 Å². The molecule has 0 amide bonds. The zero-order valence-electron chi connectivity index (χ0n) is 43.5. The molecule has 1 saturated heterocycles. The standard InChI is InChI=1S/C54H90O9Si2/c1-18-64(19-2,20-3)63-51(39(10)26-30-46(55)24-23-25-48(34-37(6)7)59-36-44-27-33-49(57-16)50(35-44)58-17)41(12)53-42(13)52(40(11)43(14)62-65(21-4,22-5)38(8)9)60-54(61-53)45-28-31-47(56-15)32-29-45/h26-33,35,38-43,48,51-54H,6,18-25,34,36H2,1-5,7-17H3/b30-26+/t39-,40-,41+,42+,43-,48+,51-,52-,53+,54-/m0/s1. The number of methoxy groups -OCH3 is 3. The van der Waals surface area contributed by atoms with Crippen molar-refractivity contribution < 1.29 is 42.1 Å². The van der Waals surface area contributed by atoms with Gasteiger partial charge in [0.25, 0.3) is 0 Å². The van der Waals surface area contributed by atoms with Crippen LogP contribution in [0.3, 0.4) is 0 Å². The molecule has 1 aliphatic heterocycles. The Labute approximate surface area is 398 Å². The van der Waals surface area contributed by atoms with Crippen molar-refractivity contribution in [3.8, 4) is 17.2 Å². The minimum absolute atomic E-state index is 0.00650. The van der Waals surface area contributed by atoms with Crippen LogP contribution >= 0.6 is 0 Å². The minimum Gasteiger partial charge on any atom is -0.497 e. The first-order chi connectivity index (χ1) is 30.9. The van der Waals surface area contributed by atoms with Gasteiger partial charge >= 0.3 is 0 Å². The van der Waals surface area contributed by atoms with Crippen molar-refractivity contribution in [3.63, 3.8) is 0 Å². The summed E-state index contributed by atoms with van der Waals surface area (Å²) in [5.74, 6) is 2.38. The molecule has 2 aromatic rings. The van der Waals surface area contributed by atoms with Crippen LogP contribution in [0.2, 0.25) is 35.8 Å². The number of rotatable bonds is 30. The molecule has 0 N–H and O–H groups in total. The summed E-state index contributed by atoms with van der Waals surface area (Å²) in [6.45, 7) is 34.0. The van der Waals surface area contributed by atoms with Crippen LogP contribution in [0.1, 0.15) is 133 Å². The Morgan fingerprint density at radius 2 is 1.38 bits per heavy atom. The third-order valence-corrected chi connectivity index (χ3v) is 24.8. The van der Waals surface area contributed by atoms with E-state index in [1.165, 1.54) is 0 Å². The molecule has 10 atom stereocenters. The van der Waals surface area contributed by atoms with E-state index >= 15 is 0 Å². The van der Waals surface area contributed by atoms with Gasteiger partial charge in [0, 0.05) is 35.8 Å². The summed E-state index contributed by atoms with van der Waals surface area (Å²) in [4.78, 5) is 13.6. The van der Waals surface area contributed by atoms with Gasteiger partial charge in [0.15, 0.2) is 40.2 Å². The van der Waals surface area contributed by atoms with Crippen LogP contribution < -0.4 is 14.2 Å². The number of ether oxygens (including phenoxy) is 6. The molecule has 368 valence electrons. The van der Waals surface area contributed by atoms with Crippen LogP contribution in [0.25, 0.3) is 0 Å². The van der Waals surface area contributed by atoms with Gasteiger partial charge in [-0.1, -0.05) is 106 Å². The van der Waals surface area contributed by atoms with E-state index in [0.717, 1.165) is 65.5 Å². The average Bonchev–Trinajstić information content (AvgIpc) is 3.31. The van der Waals surface area contributed by atoms with E-state index in [1.54, 1.807) is 27.4 Å². The highest BCUT2D eigenvalue weighted by molar-refractivity contribution is 6.75. The lowest BCUT2D eigenvalue weighted by atomic mass is 9.77. The van der Waals surface area contributed by atoms with Crippen molar-refractivity contribution in [2.75, 3.05) is 21.3 Å². The molecule has 9 nitrogen and oxygen atoms in total. The Kier molecular flexibility index (Phi) is 23.7. The van der Waals surface area contributed by atoms with E-state index in [1.807, 2.05) is 49.4 Å². The van der Waals surface area contributed by atoms with Crippen molar-refractivity contribution in [2.45, 2.75) is 195 Å². The van der Waals surface area contributed by atoms with Crippen LogP contribution in [-0.2, 0) is 34.5 Å². The molecule has 1 fully saturated rings. The smallest absolute Gasteiger partial charge is 0.195 e. The molecule has 65 heavy (non-hydrogen) atoms. The van der Waals surface area contributed by atoms with Gasteiger partial charge in [0.2, 0.25) is 0 Å². The van der Waals surface area contributed by atoms with E-state index in [-0.39, 0.29) is 60.0 Å². The molecule has 0 spiro atoms. The predicted molar refractivity (Wildman–Crippen MR) is 272 cm³/mol. The van der Waals surface area contributed by atoms with E-state index in [9.17, 15) is 4.79 Å². The second-order valence-electron chi connectivity index (χ2n) is 19.3. The zero-order chi connectivity index (χ0) is 48.5. The summed E-state index contributed by atoms with van der Waals surface area (Å²) < 4.78 is 51.7. The maximum Gasteiger partial charge on any atom is 0.195 e. The summed E-state index contributed by atoms with van der Waals surface area (Å²) in [7, 11) is 0.881. The monoisotopic (exact) mass is 939 g/mol. The second-order valence-corrected chi connectivity index (χ2v) is 29.0. The maximum absolute atomic E-state index is 13.6. The lowest BCUT2D eigenvalue weighted by Gasteiger charge is -2.49. The van der Waals surface area contributed by atoms with Crippen molar-refractivity contribution in [1.82, 2.24) is 0 Å². The molecular weight excluding hydrogens is 849 g/mol. The van der Waals surface area contributed by atoms with E-state index in [0.29, 0.717) is 36.5 Å². The van der Waals surface area contributed by atoms with Gasteiger partial charge in [-0.2, -0.15) is 0 Å². The molecule has 1 aliphatic rings. The zero-order valence-corrected chi connectivity index (χ0v) is 45.5. The fraction of sp³-hybridized carbons (Fsp3) is 0.685. The highest BCUT2D eigenvalue weighted by Gasteiger charge is 2.48. The molecule has 1 heterocycles. The lowest BCUT2D eigenvalue weighted by Crippen LogP contribution is -2.55. The largest absolute Gasteiger partial charge is 0.497 e. The van der Waals surface area contributed by atoms with Crippen molar-refractivity contribution in [2.24, 2.45) is 23.7 Å². The number of hydrogen-bond acceptors (Lipinski definition) is 9. The fourth-order valence-corrected chi connectivity index (χ4v) is 16.6. The first-order valence-electron chi connectivity index (χ1n) is 24.9. The van der Waals surface area contributed by atoms with Crippen molar-refractivity contribution >= 4 is 22.4 Å². The third kappa shape index (κ3) is 15.6. The summed E-state index contributed by atoms with van der Waals surface area (Å²) in [6, 6.07) is 19.1. The summed E-state index contributed by atoms with van der Waals surface area (Å²) in [5.41, 5.74) is 3.53. The number of ketones is 1. The molecule has 0 radical (unpaired) electrons. The van der Waals surface area contributed by atoms with Crippen LogP contribution in [0.4, 0.5) is 0 Å². The molecule has 0 aliphatic carbocycles. The molecule has 0 bridgehead atoms. The molecular formula is C54H90O9Si2. The van der Waals surface area contributed by atoms with Gasteiger partial charge in [-0.3, -0.25) is 4.79 Å². The predicted octanol–water partition coefficient (Wildman–Crippen LogP) is 14.1. The summed E-state index contributed by atoms with van der Waals surface area (Å²) >= 11 is 0. The Balaban J connectivity index is 1.89. The van der Waals surface area contributed by atoms with E-state index < -0.39 is 22.9 Å². The lowest BCUT2D eigenvalue weighted by molar-refractivity contribution is -0.298. The van der Waals surface area contributed by atoms with E-state index in [2.05, 4.69) is 95.7 Å². The summed E-state index contributed by atoms with van der Waals surface area (Å²) in [6.07, 6.45) is 5.47. The fourth-order valence-electron chi connectivity index (χ4n) is 9.93. The highest BCUT2D eigenvalue weighted by Crippen LogP contribution is 2.44. The number of benzene rings is 2. The molecule has 0 unspecified atom stereocenters. The minimum atomic E-state index is -2.10. The Hall–Kier alpha value is -2.78.